The van der Waals surface area contributed by atoms with Crippen molar-refractivity contribution < 1.29 is 22.7 Å². The van der Waals surface area contributed by atoms with Crippen LogP contribution in [0.1, 0.15) is 50.3 Å². The third kappa shape index (κ3) is 5.17. The number of carbonyl (C=O) groups is 1. The van der Waals surface area contributed by atoms with Crippen LogP contribution in [0.4, 0.5) is 0 Å². The molecule has 28 heavy (non-hydrogen) atoms. The van der Waals surface area contributed by atoms with Crippen LogP contribution < -0.4 is 14.8 Å². The molecule has 1 aromatic rings. The molecule has 158 valence electrons. The molecule has 1 fully saturated rings. The number of carbonyl (C=O) groups excluding carboxylic acids is 1. The van der Waals surface area contributed by atoms with Crippen molar-refractivity contribution in [2.24, 2.45) is 5.92 Å². The van der Waals surface area contributed by atoms with Crippen LogP contribution in [0.2, 0.25) is 0 Å². The maximum atomic E-state index is 12.8. The van der Waals surface area contributed by atoms with Crippen LogP contribution in [-0.2, 0) is 14.8 Å². The molecule has 0 aliphatic carbocycles. The third-order valence-electron chi connectivity index (χ3n) is 5.21. The fourth-order valence-electron chi connectivity index (χ4n) is 3.67. The summed E-state index contributed by atoms with van der Waals surface area (Å²) in [6, 6.07) is 3.53. The van der Waals surface area contributed by atoms with E-state index in [0.717, 1.165) is 11.1 Å². The number of sulfonamides is 1. The van der Waals surface area contributed by atoms with Gasteiger partial charge in [-0.1, -0.05) is 6.92 Å². The van der Waals surface area contributed by atoms with E-state index in [1.807, 2.05) is 32.9 Å². The Kier molecular flexibility index (Phi) is 7.71. The zero-order valence-corrected chi connectivity index (χ0v) is 18.3. The number of amides is 1. The van der Waals surface area contributed by atoms with Crippen LogP contribution in [0.5, 0.6) is 11.5 Å². The van der Waals surface area contributed by atoms with E-state index in [9.17, 15) is 13.2 Å². The van der Waals surface area contributed by atoms with E-state index < -0.39 is 10.0 Å². The standard InChI is InChI=1S/C20H32N2O5S/c1-6-10-28(24,25)22-9-7-8-16(13-22)20(23)21-15(3)17-12-19(27-5)18(26-4)11-14(17)2/h11-12,15-16H,6-10,13H2,1-5H3,(H,21,23). The molecule has 2 unspecified atom stereocenters. The Morgan fingerprint density at radius 1 is 1.29 bits per heavy atom. The summed E-state index contributed by atoms with van der Waals surface area (Å²) in [6.45, 7) is 6.47. The predicted octanol–water partition coefficient (Wildman–Crippen LogP) is 2.64. The molecule has 7 nitrogen and oxygen atoms in total. The maximum absolute atomic E-state index is 12.8. The molecule has 2 atom stereocenters. The Morgan fingerprint density at radius 2 is 1.93 bits per heavy atom. The first-order chi connectivity index (χ1) is 13.2. The van der Waals surface area contributed by atoms with Gasteiger partial charge in [0.1, 0.15) is 0 Å². The minimum absolute atomic E-state index is 0.113. The smallest absolute Gasteiger partial charge is 0.224 e. The van der Waals surface area contributed by atoms with E-state index in [1.54, 1.807) is 14.2 Å². The molecular formula is C20H32N2O5S. The summed E-state index contributed by atoms with van der Waals surface area (Å²) < 4.78 is 36.8. The van der Waals surface area contributed by atoms with Crippen molar-refractivity contribution in [3.8, 4) is 11.5 Å². The van der Waals surface area contributed by atoms with Gasteiger partial charge in [0.25, 0.3) is 0 Å². The molecule has 0 radical (unpaired) electrons. The number of aryl methyl sites for hydroxylation is 1. The van der Waals surface area contributed by atoms with E-state index in [4.69, 9.17) is 9.47 Å². The van der Waals surface area contributed by atoms with E-state index in [0.29, 0.717) is 37.3 Å². The SMILES string of the molecule is CCCS(=O)(=O)N1CCCC(C(=O)NC(C)c2cc(OC)c(OC)cc2C)C1. The largest absolute Gasteiger partial charge is 0.493 e. The fraction of sp³-hybridized carbons (Fsp3) is 0.650. The molecule has 1 aliphatic heterocycles. The van der Waals surface area contributed by atoms with E-state index in [2.05, 4.69) is 5.32 Å². The number of rotatable bonds is 8. The molecular weight excluding hydrogens is 380 g/mol. The highest BCUT2D eigenvalue weighted by Crippen LogP contribution is 2.33. The monoisotopic (exact) mass is 412 g/mol. The van der Waals surface area contributed by atoms with E-state index >= 15 is 0 Å². The van der Waals surface area contributed by atoms with E-state index in [1.165, 1.54) is 4.31 Å². The predicted molar refractivity (Wildman–Crippen MR) is 109 cm³/mol. The normalized spacial score (nSPS) is 19.1. The summed E-state index contributed by atoms with van der Waals surface area (Å²) in [5, 5.41) is 3.04. The molecule has 1 heterocycles. The first-order valence-electron chi connectivity index (χ1n) is 9.74. The average molecular weight is 413 g/mol. The maximum Gasteiger partial charge on any atom is 0.224 e. The minimum atomic E-state index is -3.28. The lowest BCUT2D eigenvalue weighted by Crippen LogP contribution is -2.46. The van der Waals surface area contributed by atoms with Gasteiger partial charge >= 0.3 is 0 Å². The Morgan fingerprint density at radius 3 is 2.54 bits per heavy atom. The van der Waals surface area contributed by atoms with Gasteiger partial charge in [0.05, 0.1) is 31.9 Å². The number of hydrogen-bond donors (Lipinski definition) is 1. The summed E-state index contributed by atoms with van der Waals surface area (Å²) in [6.07, 6.45) is 1.97. The number of hydrogen-bond acceptors (Lipinski definition) is 5. The van der Waals surface area contributed by atoms with Crippen molar-refractivity contribution in [3.05, 3.63) is 23.3 Å². The highest BCUT2D eigenvalue weighted by atomic mass is 32.2. The number of nitrogens with one attached hydrogen (secondary N) is 1. The van der Waals surface area contributed by atoms with Gasteiger partial charge in [-0.05, 0) is 56.4 Å². The summed E-state index contributed by atoms with van der Waals surface area (Å²) in [5.41, 5.74) is 1.93. The highest BCUT2D eigenvalue weighted by molar-refractivity contribution is 7.89. The van der Waals surface area contributed by atoms with Crippen molar-refractivity contribution in [2.45, 2.75) is 46.1 Å². The van der Waals surface area contributed by atoms with Crippen LogP contribution in [0.15, 0.2) is 12.1 Å². The number of nitrogens with zero attached hydrogens (tertiary/aromatic N) is 1. The molecule has 0 spiro atoms. The quantitative estimate of drug-likeness (QED) is 0.709. The Bertz CT molecular complexity index is 794. The van der Waals surface area contributed by atoms with E-state index in [-0.39, 0.29) is 30.2 Å². The number of methoxy groups -OCH3 is 2. The molecule has 1 amide bonds. The molecule has 0 saturated carbocycles. The lowest BCUT2D eigenvalue weighted by Gasteiger charge is -2.32. The summed E-state index contributed by atoms with van der Waals surface area (Å²) >= 11 is 0. The van der Waals surface area contributed by atoms with Crippen molar-refractivity contribution >= 4 is 15.9 Å². The third-order valence-corrected chi connectivity index (χ3v) is 7.25. The Labute approximate surface area is 168 Å². The molecule has 0 bridgehead atoms. The lowest BCUT2D eigenvalue weighted by molar-refractivity contribution is -0.126. The minimum Gasteiger partial charge on any atom is -0.493 e. The van der Waals surface area contributed by atoms with Crippen molar-refractivity contribution in [1.82, 2.24) is 9.62 Å². The van der Waals surface area contributed by atoms with Crippen LogP contribution >= 0.6 is 0 Å². The van der Waals surface area contributed by atoms with Crippen LogP contribution in [0, 0.1) is 12.8 Å². The fourth-order valence-corrected chi connectivity index (χ4v) is 5.26. The lowest BCUT2D eigenvalue weighted by atomic mass is 9.96. The highest BCUT2D eigenvalue weighted by Gasteiger charge is 2.32. The van der Waals surface area contributed by atoms with Gasteiger partial charge in [0, 0.05) is 13.1 Å². The number of piperidine rings is 1. The molecule has 2 rings (SSSR count). The second-order valence-corrected chi connectivity index (χ2v) is 9.40. The van der Waals surface area contributed by atoms with Crippen molar-refractivity contribution in [2.75, 3.05) is 33.1 Å². The van der Waals surface area contributed by atoms with Gasteiger partial charge in [-0.15, -0.1) is 0 Å². The first-order valence-corrected chi connectivity index (χ1v) is 11.3. The first kappa shape index (κ1) is 22.5. The van der Waals surface area contributed by atoms with Crippen molar-refractivity contribution in [1.29, 1.82) is 0 Å². The Balaban J connectivity index is 2.10. The number of ether oxygens (including phenoxy) is 2. The Hall–Kier alpha value is -1.80. The van der Waals surface area contributed by atoms with Crippen LogP contribution in [-0.4, -0.2) is 51.7 Å². The van der Waals surface area contributed by atoms with Gasteiger partial charge in [-0.3, -0.25) is 4.79 Å². The second-order valence-electron chi connectivity index (χ2n) is 7.31. The van der Waals surface area contributed by atoms with Crippen LogP contribution in [0.25, 0.3) is 0 Å². The van der Waals surface area contributed by atoms with Crippen molar-refractivity contribution in [3.63, 3.8) is 0 Å². The zero-order valence-electron chi connectivity index (χ0n) is 17.4. The molecule has 1 aliphatic rings. The average Bonchev–Trinajstić information content (AvgIpc) is 2.67. The summed E-state index contributed by atoms with van der Waals surface area (Å²) in [7, 11) is -0.117. The van der Waals surface area contributed by atoms with Crippen LogP contribution in [0.3, 0.4) is 0 Å². The van der Waals surface area contributed by atoms with Gasteiger partial charge in [-0.25, -0.2) is 12.7 Å². The molecule has 1 saturated heterocycles. The second kappa shape index (κ2) is 9.60. The summed E-state index contributed by atoms with van der Waals surface area (Å²) in [4.78, 5) is 12.8. The molecule has 1 aromatic carbocycles. The topological polar surface area (TPSA) is 84.9 Å². The number of benzene rings is 1. The molecule has 8 heteroatoms. The molecule has 1 N–H and O–H groups in total. The molecule has 0 aromatic heterocycles. The summed E-state index contributed by atoms with van der Waals surface area (Å²) in [5.74, 6) is 0.939. The van der Waals surface area contributed by atoms with Gasteiger partial charge in [-0.2, -0.15) is 0 Å². The van der Waals surface area contributed by atoms with Gasteiger partial charge in [0.2, 0.25) is 15.9 Å². The zero-order chi connectivity index (χ0) is 20.9. The van der Waals surface area contributed by atoms with Gasteiger partial charge in [0.15, 0.2) is 11.5 Å². The van der Waals surface area contributed by atoms with Gasteiger partial charge < -0.3 is 14.8 Å².